The molecule has 1 aromatic rings. The number of aryl methyl sites for hydroxylation is 1. The number of amides is 1. The molecule has 0 bridgehead atoms. The van der Waals surface area contributed by atoms with E-state index < -0.39 is 0 Å². The number of nitrogens with zero attached hydrogens (tertiary/aromatic N) is 1. The zero-order valence-electron chi connectivity index (χ0n) is 9.00. The lowest BCUT2D eigenvalue weighted by molar-refractivity contribution is -0.128. The first-order valence-corrected chi connectivity index (χ1v) is 5.11. The molecule has 1 aliphatic heterocycles. The van der Waals surface area contributed by atoms with E-state index in [1.807, 2.05) is 0 Å². The molecule has 0 aliphatic carbocycles. The van der Waals surface area contributed by atoms with E-state index in [1.54, 1.807) is 19.1 Å². The summed E-state index contributed by atoms with van der Waals surface area (Å²) in [6.45, 7) is 2.14. The maximum atomic E-state index is 13.3. The quantitative estimate of drug-likeness (QED) is 0.708. The van der Waals surface area contributed by atoms with Crippen LogP contribution in [0, 0.1) is 12.7 Å². The Balaban J connectivity index is 2.12. The van der Waals surface area contributed by atoms with Crippen LogP contribution in [0.1, 0.15) is 17.5 Å². The van der Waals surface area contributed by atoms with Crippen LogP contribution in [0.5, 0.6) is 0 Å². The molecule has 16 heavy (non-hydrogen) atoms. The highest BCUT2D eigenvalue weighted by atomic mass is 19.1. The molecule has 0 unspecified atom stereocenters. The standard InChI is InChI=1S/C12H12FNO2/c1-8-2-3-9(4-11(8)13)6-14-7-10(15)5-12(14)16/h2-4H,5-7H2,1H3. The van der Waals surface area contributed by atoms with Gasteiger partial charge in [0, 0.05) is 6.54 Å². The predicted molar refractivity (Wildman–Crippen MR) is 56.2 cm³/mol. The third-order valence-corrected chi connectivity index (χ3v) is 2.68. The van der Waals surface area contributed by atoms with Gasteiger partial charge in [-0.3, -0.25) is 9.59 Å². The molecule has 1 heterocycles. The molecule has 1 aliphatic rings. The number of likely N-dealkylation sites (tertiary alicyclic amines) is 1. The zero-order valence-corrected chi connectivity index (χ0v) is 9.00. The molecular weight excluding hydrogens is 209 g/mol. The van der Waals surface area contributed by atoms with Crippen LogP contribution in [0.4, 0.5) is 4.39 Å². The lowest BCUT2D eigenvalue weighted by Gasteiger charge is -2.14. The Labute approximate surface area is 92.9 Å². The van der Waals surface area contributed by atoms with Gasteiger partial charge in [-0.15, -0.1) is 0 Å². The Bertz CT molecular complexity index is 456. The van der Waals surface area contributed by atoms with Gasteiger partial charge in [-0.25, -0.2) is 4.39 Å². The first-order chi connectivity index (χ1) is 7.56. The number of halogens is 1. The van der Waals surface area contributed by atoms with Gasteiger partial charge in [0.15, 0.2) is 5.78 Å². The summed E-state index contributed by atoms with van der Waals surface area (Å²) in [7, 11) is 0. The van der Waals surface area contributed by atoms with Crippen LogP contribution in [0.25, 0.3) is 0 Å². The van der Waals surface area contributed by atoms with Crippen molar-refractivity contribution < 1.29 is 14.0 Å². The molecule has 2 rings (SSSR count). The molecule has 1 aromatic carbocycles. The summed E-state index contributed by atoms with van der Waals surface area (Å²) >= 11 is 0. The molecule has 0 radical (unpaired) electrons. The van der Waals surface area contributed by atoms with E-state index >= 15 is 0 Å². The number of benzene rings is 1. The van der Waals surface area contributed by atoms with Gasteiger partial charge in [0.2, 0.25) is 5.91 Å². The van der Waals surface area contributed by atoms with Crippen LogP contribution in [-0.2, 0) is 16.1 Å². The SMILES string of the molecule is Cc1ccc(CN2CC(=O)CC2=O)cc1F. The van der Waals surface area contributed by atoms with Crippen molar-refractivity contribution in [2.24, 2.45) is 0 Å². The fraction of sp³-hybridized carbons (Fsp3) is 0.333. The monoisotopic (exact) mass is 221 g/mol. The van der Waals surface area contributed by atoms with E-state index in [4.69, 9.17) is 0 Å². The highest BCUT2D eigenvalue weighted by Gasteiger charge is 2.27. The van der Waals surface area contributed by atoms with E-state index in [0.29, 0.717) is 17.7 Å². The molecule has 0 aromatic heterocycles. The fourth-order valence-corrected chi connectivity index (χ4v) is 1.74. The van der Waals surface area contributed by atoms with Crippen molar-refractivity contribution in [2.45, 2.75) is 19.9 Å². The Morgan fingerprint density at radius 3 is 2.69 bits per heavy atom. The average Bonchev–Trinajstić information content (AvgIpc) is 2.51. The van der Waals surface area contributed by atoms with Crippen molar-refractivity contribution in [1.82, 2.24) is 4.90 Å². The lowest BCUT2D eigenvalue weighted by Crippen LogP contribution is -2.24. The van der Waals surface area contributed by atoms with Gasteiger partial charge in [0.25, 0.3) is 0 Å². The number of rotatable bonds is 2. The minimum atomic E-state index is -0.282. The molecule has 4 heteroatoms. The van der Waals surface area contributed by atoms with Crippen molar-refractivity contribution in [2.75, 3.05) is 6.54 Å². The summed E-state index contributed by atoms with van der Waals surface area (Å²) in [5, 5.41) is 0. The van der Waals surface area contributed by atoms with Crippen LogP contribution in [0.2, 0.25) is 0 Å². The van der Waals surface area contributed by atoms with Crippen LogP contribution in [0.15, 0.2) is 18.2 Å². The van der Waals surface area contributed by atoms with Crippen LogP contribution in [-0.4, -0.2) is 23.1 Å². The maximum Gasteiger partial charge on any atom is 0.230 e. The first-order valence-electron chi connectivity index (χ1n) is 5.11. The number of ketones is 1. The largest absolute Gasteiger partial charge is 0.331 e. The van der Waals surface area contributed by atoms with Crippen molar-refractivity contribution in [1.29, 1.82) is 0 Å². The van der Waals surface area contributed by atoms with Crippen LogP contribution in [0.3, 0.4) is 0 Å². The number of carbonyl (C=O) groups is 2. The maximum absolute atomic E-state index is 13.3. The Hall–Kier alpha value is -1.71. The number of carbonyl (C=O) groups excluding carboxylic acids is 2. The second-order valence-corrected chi connectivity index (χ2v) is 4.05. The van der Waals surface area contributed by atoms with E-state index in [1.165, 1.54) is 11.0 Å². The van der Waals surface area contributed by atoms with Crippen molar-refractivity contribution in [3.8, 4) is 0 Å². The summed E-state index contributed by atoms with van der Waals surface area (Å²) in [5.74, 6) is -0.529. The van der Waals surface area contributed by atoms with E-state index in [2.05, 4.69) is 0 Å². The van der Waals surface area contributed by atoms with Crippen LogP contribution >= 0.6 is 0 Å². The van der Waals surface area contributed by atoms with Crippen LogP contribution < -0.4 is 0 Å². The van der Waals surface area contributed by atoms with Gasteiger partial charge < -0.3 is 4.90 Å². The number of hydrogen-bond donors (Lipinski definition) is 0. The normalized spacial score (nSPS) is 16.0. The highest BCUT2D eigenvalue weighted by molar-refractivity contribution is 6.05. The Morgan fingerprint density at radius 1 is 1.38 bits per heavy atom. The minimum Gasteiger partial charge on any atom is -0.331 e. The number of Topliss-reactive ketones (excluding diaryl/α,β-unsaturated/α-hetero) is 1. The second kappa shape index (κ2) is 4.04. The Morgan fingerprint density at radius 2 is 2.12 bits per heavy atom. The summed E-state index contributed by atoms with van der Waals surface area (Å²) in [6.07, 6.45) is -0.0195. The van der Waals surface area contributed by atoms with Crippen molar-refractivity contribution >= 4 is 11.7 Å². The molecular formula is C12H12FNO2. The van der Waals surface area contributed by atoms with Gasteiger partial charge >= 0.3 is 0 Å². The molecule has 1 saturated heterocycles. The van der Waals surface area contributed by atoms with Gasteiger partial charge in [0.1, 0.15) is 5.82 Å². The topological polar surface area (TPSA) is 37.4 Å². The van der Waals surface area contributed by atoms with Gasteiger partial charge in [-0.05, 0) is 24.1 Å². The molecule has 3 nitrogen and oxygen atoms in total. The predicted octanol–water partition coefficient (Wildman–Crippen LogP) is 1.44. The van der Waals surface area contributed by atoms with Gasteiger partial charge in [-0.2, -0.15) is 0 Å². The average molecular weight is 221 g/mol. The summed E-state index contributed by atoms with van der Waals surface area (Å²) < 4.78 is 13.3. The van der Waals surface area contributed by atoms with Gasteiger partial charge in [-0.1, -0.05) is 12.1 Å². The molecule has 1 fully saturated rings. The fourth-order valence-electron chi connectivity index (χ4n) is 1.74. The smallest absolute Gasteiger partial charge is 0.230 e. The zero-order chi connectivity index (χ0) is 11.7. The molecule has 0 saturated carbocycles. The third kappa shape index (κ3) is 2.10. The summed E-state index contributed by atoms with van der Waals surface area (Å²) in [5.41, 5.74) is 1.29. The lowest BCUT2D eigenvalue weighted by atomic mass is 10.1. The van der Waals surface area contributed by atoms with Crippen molar-refractivity contribution in [3.63, 3.8) is 0 Å². The third-order valence-electron chi connectivity index (χ3n) is 2.68. The molecule has 0 spiro atoms. The molecule has 84 valence electrons. The van der Waals surface area contributed by atoms with E-state index in [0.717, 1.165) is 0 Å². The number of hydrogen-bond acceptors (Lipinski definition) is 2. The van der Waals surface area contributed by atoms with Gasteiger partial charge in [0.05, 0.1) is 13.0 Å². The van der Waals surface area contributed by atoms with E-state index in [9.17, 15) is 14.0 Å². The first kappa shape index (κ1) is 10.8. The summed E-state index contributed by atoms with van der Waals surface area (Å²) in [6, 6.07) is 4.85. The summed E-state index contributed by atoms with van der Waals surface area (Å²) in [4.78, 5) is 23.8. The second-order valence-electron chi connectivity index (χ2n) is 4.05. The van der Waals surface area contributed by atoms with Crippen molar-refractivity contribution in [3.05, 3.63) is 35.1 Å². The molecule has 0 N–H and O–H groups in total. The Kier molecular flexibility index (Phi) is 2.73. The highest BCUT2D eigenvalue weighted by Crippen LogP contribution is 2.14. The minimum absolute atomic E-state index is 0.0195. The molecule has 0 atom stereocenters. The van der Waals surface area contributed by atoms with E-state index in [-0.39, 0.29) is 30.5 Å². The molecule has 1 amide bonds.